The molecule has 0 aliphatic carbocycles. The third kappa shape index (κ3) is 4.31. The van der Waals surface area contributed by atoms with Crippen LogP contribution in [0.1, 0.15) is 5.82 Å². The largest absolute Gasteiger partial charge is 0.433 e. The molecule has 1 aromatic heterocycles. The molecule has 0 unspecified atom stereocenters. The van der Waals surface area contributed by atoms with Gasteiger partial charge in [-0.2, -0.15) is 13.5 Å². The zero-order valence-electron chi connectivity index (χ0n) is 13.7. The van der Waals surface area contributed by atoms with Crippen molar-refractivity contribution in [2.24, 2.45) is 0 Å². The summed E-state index contributed by atoms with van der Waals surface area (Å²) in [7, 11) is -4.02. The highest BCUT2D eigenvalue weighted by Crippen LogP contribution is 2.29. The zero-order chi connectivity index (χ0) is 19.6. The Balaban J connectivity index is 1.87. The van der Waals surface area contributed by atoms with Crippen LogP contribution in [-0.4, -0.2) is 35.2 Å². The summed E-state index contributed by atoms with van der Waals surface area (Å²) in [5, 5.41) is 10.9. The average molecular weight is 416 g/mol. The van der Waals surface area contributed by atoms with Gasteiger partial charge < -0.3 is 4.74 Å². The maximum absolute atomic E-state index is 12.5. The maximum atomic E-state index is 12.5. The molecule has 27 heavy (non-hydrogen) atoms. The number of ether oxygens (including phenoxy) is 1. The molecule has 1 N–H and O–H groups in total. The Labute approximate surface area is 157 Å². The third-order valence-electron chi connectivity index (χ3n) is 3.40. The van der Waals surface area contributed by atoms with E-state index in [0.717, 1.165) is 18.2 Å². The van der Waals surface area contributed by atoms with Crippen molar-refractivity contribution in [3.05, 3.63) is 53.3 Å². The normalized spacial score (nSPS) is 11.6. The van der Waals surface area contributed by atoms with E-state index >= 15 is 0 Å². The Morgan fingerprint density at radius 2 is 2.00 bits per heavy atom. The van der Waals surface area contributed by atoms with Gasteiger partial charge in [-0.05, 0) is 53.7 Å². The maximum Gasteiger partial charge on any atom is 0.387 e. The van der Waals surface area contributed by atoms with Gasteiger partial charge in [0.05, 0.1) is 21.3 Å². The molecular weight excluding hydrogens is 404 g/mol. The topological polar surface area (TPSA) is 99.0 Å². The molecule has 0 fully saturated rings. The highest BCUT2D eigenvalue weighted by Gasteiger charge is 2.18. The molecule has 0 amide bonds. The molecule has 12 heteroatoms. The SMILES string of the molecule is Cc1nnnn1-c1cccc(NS(=O)(=O)c2ccc(OC(F)F)c(Cl)c2)c1. The standard InChI is InChI=1S/C15H12ClF2N5O3S/c1-9-19-21-22-23(9)11-4-2-3-10(7-11)20-27(24,25)12-5-6-14(13(16)8-12)26-15(17)18/h2-8,15,20H,1H3. The van der Waals surface area contributed by atoms with Crippen molar-refractivity contribution < 1.29 is 21.9 Å². The van der Waals surface area contributed by atoms with E-state index in [0.29, 0.717) is 11.5 Å². The van der Waals surface area contributed by atoms with Gasteiger partial charge in [-0.1, -0.05) is 17.7 Å². The summed E-state index contributed by atoms with van der Waals surface area (Å²) >= 11 is 5.82. The van der Waals surface area contributed by atoms with Crippen LogP contribution in [0.25, 0.3) is 5.69 Å². The van der Waals surface area contributed by atoms with Crippen LogP contribution in [0, 0.1) is 6.92 Å². The van der Waals surface area contributed by atoms with Crippen LogP contribution in [-0.2, 0) is 10.0 Å². The monoisotopic (exact) mass is 415 g/mol. The van der Waals surface area contributed by atoms with Crippen LogP contribution >= 0.6 is 11.6 Å². The fourth-order valence-corrected chi connectivity index (χ4v) is 3.59. The molecule has 1 heterocycles. The van der Waals surface area contributed by atoms with E-state index in [4.69, 9.17) is 11.6 Å². The number of aromatic nitrogens is 4. The number of anilines is 1. The Morgan fingerprint density at radius 3 is 2.63 bits per heavy atom. The number of rotatable bonds is 6. The lowest BCUT2D eigenvalue weighted by atomic mass is 10.3. The van der Waals surface area contributed by atoms with Gasteiger partial charge in [0.2, 0.25) is 0 Å². The molecule has 2 aromatic carbocycles. The Hall–Kier alpha value is -2.79. The molecule has 3 rings (SSSR count). The van der Waals surface area contributed by atoms with E-state index in [1.165, 1.54) is 16.8 Å². The summed E-state index contributed by atoms with van der Waals surface area (Å²) < 4.78 is 57.7. The first-order valence-corrected chi connectivity index (χ1v) is 9.25. The summed E-state index contributed by atoms with van der Waals surface area (Å²) in [6, 6.07) is 9.60. The van der Waals surface area contributed by atoms with Crippen LogP contribution in [0.4, 0.5) is 14.5 Å². The van der Waals surface area contributed by atoms with Crippen molar-refractivity contribution in [3.63, 3.8) is 0 Å². The van der Waals surface area contributed by atoms with Gasteiger partial charge >= 0.3 is 6.61 Å². The Morgan fingerprint density at radius 1 is 1.22 bits per heavy atom. The van der Waals surface area contributed by atoms with Crippen LogP contribution in [0.15, 0.2) is 47.4 Å². The van der Waals surface area contributed by atoms with Crippen LogP contribution in [0.3, 0.4) is 0 Å². The minimum Gasteiger partial charge on any atom is -0.433 e. The second-order valence-electron chi connectivity index (χ2n) is 5.26. The molecule has 0 saturated heterocycles. The lowest BCUT2D eigenvalue weighted by Gasteiger charge is -2.11. The number of halogens is 3. The quantitative estimate of drug-likeness (QED) is 0.664. The lowest BCUT2D eigenvalue weighted by Crippen LogP contribution is -2.13. The molecule has 0 bridgehead atoms. The van der Waals surface area contributed by atoms with Gasteiger partial charge in [0.15, 0.2) is 5.82 Å². The smallest absolute Gasteiger partial charge is 0.387 e. The van der Waals surface area contributed by atoms with Gasteiger partial charge in [0.1, 0.15) is 5.75 Å². The summed E-state index contributed by atoms with van der Waals surface area (Å²) in [4.78, 5) is -0.210. The number of sulfonamides is 1. The number of hydrogen-bond donors (Lipinski definition) is 1. The summed E-state index contributed by atoms with van der Waals surface area (Å²) in [5.74, 6) is 0.207. The van der Waals surface area contributed by atoms with E-state index in [2.05, 4.69) is 25.0 Å². The fraction of sp³-hybridized carbons (Fsp3) is 0.133. The van der Waals surface area contributed by atoms with Gasteiger partial charge in [0, 0.05) is 0 Å². The van der Waals surface area contributed by atoms with Crippen molar-refractivity contribution >= 4 is 27.3 Å². The van der Waals surface area contributed by atoms with Crippen LogP contribution < -0.4 is 9.46 Å². The first kappa shape index (κ1) is 19.0. The molecule has 0 spiro atoms. The minimum atomic E-state index is -4.02. The van der Waals surface area contributed by atoms with Gasteiger partial charge in [-0.3, -0.25) is 4.72 Å². The number of aryl methyl sites for hydroxylation is 1. The van der Waals surface area contributed by atoms with Crippen LogP contribution in [0.2, 0.25) is 5.02 Å². The molecule has 142 valence electrons. The highest BCUT2D eigenvalue weighted by atomic mass is 35.5. The van der Waals surface area contributed by atoms with Crippen molar-refractivity contribution in [1.29, 1.82) is 0 Å². The molecule has 0 aliphatic rings. The van der Waals surface area contributed by atoms with Crippen LogP contribution in [0.5, 0.6) is 5.75 Å². The van der Waals surface area contributed by atoms with Crippen molar-refractivity contribution in [1.82, 2.24) is 20.2 Å². The van der Waals surface area contributed by atoms with E-state index in [1.54, 1.807) is 19.1 Å². The summed E-state index contributed by atoms with van der Waals surface area (Å²) in [5.41, 5.74) is 0.808. The summed E-state index contributed by atoms with van der Waals surface area (Å²) in [6.07, 6.45) is 0. The second kappa shape index (κ2) is 7.45. The molecular formula is C15H12ClF2N5O3S. The minimum absolute atomic E-state index is 0.210. The van der Waals surface area contributed by atoms with E-state index in [-0.39, 0.29) is 21.4 Å². The van der Waals surface area contributed by atoms with E-state index in [9.17, 15) is 17.2 Å². The predicted octanol–water partition coefficient (Wildman–Crippen LogP) is 3.03. The fourth-order valence-electron chi connectivity index (χ4n) is 2.23. The molecule has 0 saturated carbocycles. The van der Waals surface area contributed by atoms with Crippen molar-refractivity contribution in [2.45, 2.75) is 18.4 Å². The predicted molar refractivity (Wildman–Crippen MR) is 92.8 cm³/mol. The van der Waals surface area contributed by atoms with Gasteiger partial charge in [-0.25, -0.2) is 8.42 Å². The lowest BCUT2D eigenvalue weighted by molar-refractivity contribution is -0.0498. The molecule has 8 nitrogen and oxygen atoms in total. The number of nitrogens with one attached hydrogen (secondary N) is 1. The first-order chi connectivity index (χ1) is 12.8. The van der Waals surface area contributed by atoms with Gasteiger partial charge in [0.25, 0.3) is 10.0 Å². The van der Waals surface area contributed by atoms with E-state index in [1.807, 2.05) is 0 Å². The number of alkyl halides is 2. The van der Waals surface area contributed by atoms with Crippen molar-refractivity contribution in [3.8, 4) is 11.4 Å². The first-order valence-electron chi connectivity index (χ1n) is 7.39. The number of hydrogen-bond acceptors (Lipinski definition) is 6. The Bertz CT molecular complexity index is 1070. The molecule has 0 aliphatic heterocycles. The second-order valence-corrected chi connectivity index (χ2v) is 7.35. The number of tetrazole rings is 1. The van der Waals surface area contributed by atoms with Gasteiger partial charge in [-0.15, -0.1) is 5.10 Å². The number of nitrogens with zero attached hydrogens (tertiary/aromatic N) is 4. The molecule has 0 atom stereocenters. The molecule has 0 radical (unpaired) electrons. The van der Waals surface area contributed by atoms with Crippen molar-refractivity contribution in [2.75, 3.05) is 4.72 Å². The average Bonchev–Trinajstić information content (AvgIpc) is 3.02. The zero-order valence-corrected chi connectivity index (χ0v) is 15.2. The summed E-state index contributed by atoms with van der Waals surface area (Å²) in [6.45, 7) is -1.37. The Kier molecular flexibility index (Phi) is 5.24. The number of benzene rings is 2. The third-order valence-corrected chi connectivity index (χ3v) is 5.07. The molecule has 3 aromatic rings. The van der Waals surface area contributed by atoms with E-state index < -0.39 is 16.6 Å². The highest BCUT2D eigenvalue weighted by molar-refractivity contribution is 7.92.